The average molecular weight is 472 g/mol. The molecule has 113 valence electrons. The maximum absolute atomic E-state index is 2.52. The zero-order chi connectivity index (χ0) is 16.1. The van der Waals surface area contributed by atoms with Crippen LogP contribution in [0.4, 0.5) is 0 Å². The van der Waals surface area contributed by atoms with E-state index in [1.54, 1.807) is 21.9 Å². The summed E-state index contributed by atoms with van der Waals surface area (Å²) < 4.78 is 0.264. The first-order valence-electron chi connectivity index (χ1n) is 8.21. The molecule has 3 aliphatic rings. The molecule has 3 aliphatic carbocycles. The molecule has 0 aromatic heterocycles. The first-order chi connectivity index (χ1) is 10.3. The van der Waals surface area contributed by atoms with Crippen LogP contribution in [0.25, 0.3) is 0 Å². The van der Waals surface area contributed by atoms with Crippen molar-refractivity contribution in [3.63, 3.8) is 0 Å². The van der Waals surface area contributed by atoms with E-state index in [2.05, 4.69) is 76.4 Å². The van der Waals surface area contributed by atoms with Crippen molar-refractivity contribution in [3.8, 4) is 0 Å². The number of hydrogen-bond donors (Lipinski definition) is 0. The van der Waals surface area contributed by atoms with Gasteiger partial charge in [0.05, 0.1) is 0 Å². The second kappa shape index (κ2) is 5.63. The van der Waals surface area contributed by atoms with E-state index in [0.29, 0.717) is 5.92 Å². The van der Waals surface area contributed by atoms with Gasteiger partial charge in [0, 0.05) is 0 Å². The Balaban J connectivity index is 2.33. The van der Waals surface area contributed by atoms with Gasteiger partial charge in [0.2, 0.25) is 0 Å². The Morgan fingerprint density at radius 3 is 2.50 bits per heavy atom. The van der Waals surface area contributed by atoms with Crippen LogP contribution in [0.2, 0.25) is 16.3 Å². The Kier molecular flexibility index (Phi) is 4.22. The molecule has 0 aromatic carbocycles. The number of hydrogen-bond acceptors (Lipinski definition) is 0. The van der Waals surface area contributed by atoms with E-state index in [4.69, 9.17) is 0 Å². The van der Waals surface area contributed by atoms with Gasteiger partial charge >= 0.3 is 152 Å². The first-order valence-corrected chi connectivity index (χ1v) is 12.5. The van der Waals surface area contributed by atoms with Crippen molar-refractivity contribution in [2.24, 2.45) is 11.3 Å². The summed E-state index contributed by atoms with van der Waals surface area (Å²) in [6.07, 6.45) is 17.5. The van der Waals surface area contributed by atoms with Crippen LogP contribution in [0.1, 0.15) is 27.2 Å². The molecule has 0 amide bonds. The third kappa shape index (κ3) is 2.13. The van der Waals surface area contributed by atoms with Crippen LogP contribution in [0, 0.1) is 11.3 Å². The second-order valence-electron chi connectivity index (χ2n) is 7.43. The third-order valence-electron chi connectivity index (χ3n) is 5.51. The van der Waals surface area contributed by atoms with Crippen LogP contribution in [0.3, 0.4) is 0 Å². The quantitative estimate of drug-likeness (QED) is 0.462. The Bertz CT molecular complexity index is 693. The first kappa shape index (κ1) is 16.5. The summed E-state index contributed by atoms with van der Waals surface area (Å²) in [5, 5.41) is 1.79. The minimum absolute atomic E-state index is 0.264. The molecule has 2 heteroatoms. The topological polar surface area (TPSA) is 0 Å². The molecule has 22 heavy (non-hydrogen) atoms. The zero-order valence-corrected chi connectivity index (χ0v) is 18.9. The molecule has 0 bridgehead atoms. The molecule has 0 spiro atoms. The molecule has 0 aliphatic heterocycles. The van der Waals surface area contributed by atoms with Crippen LogP contribution in [-0.2, 0) is 24.4 Å². The molecule has 0 saturated heterocycles. The van der Waals surface area contributed by atoms with Gasteiger partial charge in [-0.3, -0.25) is 0 Å². The van der Waals surface area contributed by atoms with Crippen LogP contribution >= 0.6 is 0 Å². The van der Waals surface area contributed by atoms with Gasteiger partial charge in [-0.05, 0) is 0 Å². The van der Waals surface area contributed by atoms with Gasteiger partial charge in [-0.25, -0.2) is 0 Å². The Morgan fingerprint density at radius 1 is 1.18 bits per heavy atom. The van der Waals surface area contributed by atoms with Crippen LogP contribution in [0.15, 0.2) is 59.3 Å². The fourth-order valence-electron chi connectivity index (χ4n) is 4.56. The van der Waals surface area contributed by atoms with Crippen molar-refractivity contribution in [2.45, 2.75) is 43.5 Å². The average Bonchev–Trinajstić information content (AvgIpc) is 2.97. The van der Waals surface area contributed by atoms with E-state index < -0.39 is 8.41 Å². The van der Waals surface area contributed by atoms with E-state index in [-0.39, 0.29) is 8.59 Å². The zero-order valence-electron chi connectivity index (χ0n) is 14.3. The molecular weight excluding hydrogens is 447 g/mol. The van der Waals surface area contributed by atoms with Gasteiger partial charge in [-0.2, -0.15) is 0 Å². The summed E-state index contributed by atoms with van der Waals surface area (Å²) in [6.45, 7) is 12.4. The second-order valence-corrected chi connectivity index (χ2v) is 12.6. The SMILES string of the molecule is CC1C=CC=CC2=C1C(=[Si](C)C)C(C)(C)[C]2([Hf])C1=CC=CC1. The molecule has 3 rings (SSSR count). The van der Waals surface area contributed by atoms with Crippen molar-refractivity contribution in [3.05, 3.63) is 59.3 Å². The van der Waals surface area contributed by atoms with Gasteiger partial charge < -0.3 is 0 Å². The number of rotatable bonds is 1. The summed E-state index contributed by atoms with van der Waals surface area (Å²) >= 11 is 1.18. The number of allylic oxidation sites excluding steroid dienone is 10. The molecule has 0 nitrogen and oxygen atoms in total. The van der Waals surface area contributed by atoms with Gasteiger partial charge in [-0.15, -0.1) is 0 Å². The Hall–Kier alpha value is -0.343. The van der Waals surface area contributed by atoms with Crippen molar-refractivity contribution < 1.29 is 24.4 Å². The standard InChI is InChI=1S/C20H25Si.Hf/c1-14-10-6-9-13-16-17(14)19(21(4)5)20(2,3)18(16)15-11-7-8-12-15;/h6-11,13-14H,12H2,1-5H3;. The van der Waals surface area contributed by atoms with Crippen LogP contribution in [-0.4, -0.2) is 13.6 Å². The third-order valence-corrected chi connectivity index (χ3v) is 11.8. The molecule has 0 fully saturated rings. The molecule has 0 aromatic rings. The molecule has 0 saturated carbocycles. The van der Waals surface area contributed by atoms with E-state index in [0.717, 1.165) is 6.42 Å². The van der Waals surface area contributed by atoms with Crippen molar-refractivity contribution in [2.75, 3.05) is 0 Å². The van der Waals surface area contributed by atoms with Gasteiger partial charge in [0.15, 0.2) is 0 Å². The fraction of sp³-hybridized carbons (Fsp3) is 0.450. The summed E-state index contributed by atoms with van der Waals surface area (Å²) in [7, 11) is -0.469. The van der Waals surface area contributed by atoms with Gasteiger partial charge in [-0.1, -0.05) is 0 Å². The molecule has 0 heterocycles. The summed E-state index contributed by atoms with van der Waals surface area (Å²) in [4.78, 5) is 0. The molecule has 2 atom stereocenters. The summed E-state index contributed by atoms with van der Waals surface area (Å²) in [5.74, 6) is 0.546. The predicted octanol–water partition coefficient (Wildman–Crippen LogP) is 5.19. The van der Waals surface area contributed by atoms with Gasteiger partial charge in [0.25, 0.3) is 0 Å². The predicted molar refractivity (Wildman–Crippen MR) is 95.3 cm³/mol. The summed E-state index contributed by atoms with van der Waals surface area (Å²) in [6, 6.07) is 0. The molecule has 0 N–H and O–H groups in total. The van der Waals surface area contributed by atoms with Crippen LogP contribution in [0.5, 0.6) is 0 Å². The fourth-order valence-corrected chi connectivity index (χ4v) is 9.24. The normalized spacial score (nSPS) is 32.3. The molecule has 0 radical (unpaired) electrons. The van der Waals surface area contributed by atoms with E-state index in [1.807, 2.05) is 0 Å². The van der Waals surface area contributed by atoms with Gasteiger partial charge in [0.1, 0.15) is 0 Å². The molecule has 2 unspecified atom stereocenters. The van der Waals surface area contributed by atoms with Crippen molar-refractivity contribution >= 4 is 13.6 Å². The minimum atomic E-state index is -0.469. The maximum atomic E-state index is 2.52. The Morgan fingerprint density at radius 2 is 1.91 bits per heavy atom. The van der Waals surface area contributed by atoms with E-state index in [1.165, 1.54) is 24.4 Å². The Labute approximate surface area is 151 Å². The monoisotopic (exact) mass is 473 g/mol. The summed E-state index contributed by atoms with van der Waals surface area (Å²) in [5.41, 5.74) is 5.23. The molecular formula is C20H25HfSi. The van der Waals surface area contributed by atoms with Crippen LogP contribution < -0.4 is 0 Å². The van der Waals surface area contributed by atoms with Crippen molar-refractivity contribution in [1.82, 2.24) is 0 Å². The van der Waals surface area contributed by atoms with E-state index >= 15 is 0 Å². The van der Waals surface area contributed by atoms with E-state index in [9.17, 15) is 0 Å². The van der Waals surface area contributed by atoms with Crippen molar-refractivity contribution in [1.29, 1.82) is 0 Å².